The minimum Gasteiger partial charge on any atom is -0.366 e. The normalized spacial score (nSPS) is 10.9. The van der Waals surface area contributed by atoms with Gasteiger partial charge in [-0.05, 0) is 37.3 Å². The standard InChI is InChI=1S/C21H14F2N4O3/c1-11-16(9-25-20(26-11)12-3-2-4-13(22)7-12)21(29)30-27-10-17(19(24)28)15-8-14(23)5-6-18(15)27/h2-10H,1H3,(H2,24,28). The number of halogens is 2. The van der Waals surface area contributed by atoms with E-state index in [-0.39, 0.29) is 27.9 Å². The van der Waals surface area contributed by atoms with Gasteiger partial charge in [0.05, 0.1) is 23.0 Å². The summed E-state index contributed by atoms with van der Waals surface area (Å²) in [5.74, 6) is -2.33. The van der Waals surface area contributed by atoms with Gasteiger partial charge in [-0.3, -0.25) is 4.79 Å². The van der Waals surface area contributed by atoms with Crippen molar-refractivity contribution in [1.82, 2.24) is 14.7 Å². The largest absolute Gasteiger partial charge is 0.366 e. The number of hydrogen-bond donors (Lipinski definition) is 1. The summed E-state index contributed by atoms with van der Waals surface area (Å²) < 4.78 is 28.0. The second-order valence-electron chi connectivity index (χ2n) is 6.48. The predicted molar refractivity (Wildman–Crippen MR) is 103 cm³/mol. The first-order valence-electron chi connectivity index (χ1n) is 8.76. The summed E-state index contributed by atoms with van der Waals surface area (Å²) in [6.45, 7) is 1.58. The molecule has 0 aliphatic carbocycles. The first-order chi connectivity index (χ1) is 14.3. The number of benzene rings is 2. The molecule has 4 rings (SSSR count). The average Bonchev–Trinajstić information content (AvgIpc) is 3.05. The van der Waals surface area contributed by atoms with Crippen LogP contribution in [0, 0.1) is 18.6 Å². The van der Waals surface area contributed by atoms with Crippen LogP contribution in [0.25, 0.3) is 22.3 Å². The molecule has 0 fully saturated rings. The van der Waals surface area contributed by atoms with Crippen molar-refractivity contribution < 1.29 is 23.2 Å². The van der Waals surface area contributed by atoms with Crippen LogP contribution in [0.2, 0.25) is 0 Å². The van der Waals surface area contributed by atoms with Gasteiger partial charge in [0.15, 0.2) is 5.82 Å². The third-order valence-electron chi connectivity index (χ3n) is 4.46. The maximum atomic E-state index is 13.6. The summed E-state index contributed by atoms with van der Waals surface area (Å²) >= 11 is 0. The van der Waals surface area contributed by atoms with Crippen LogP contribution < -0.4 is 10.6 Å². The van der Waals surface area contributed by atoms with Gasteiger partial charge in [0.2, 0.25) is 0 Å². The molecule has 0 radical (unpaired) electrons. The summed E-state index contributed by atoms with van der Waals surface area (Å²) in [7, 11) is 0. The molecule has 0 bridgehead atoms. The van der Waals surface area contributed by atoms with E-state index < -0.39 is 23.5 Å². The zero-order valence-electron chi connectivity index (χ0n) is 15.6. The second kappa shape index (κ2) is 7.36. The topological polar surface area (TPSA) is 100 Å². The number of hydrogen-bond acceptors (Lipinski definition) is 5. The van der Waals surface area contributed by atoms with Gasteiger partial charge in [-0.2, -0.15) is 4.73 Å². The molecular weight excluding hydrogens is 394 g/mol. The van der Waals surface area contributed by atoms with Crippen LogP contribution in [0.15, 0.2) is 54.9 Å². The quantitative estimate of drug-likeness (QED) is 0.559. The number of carbonyl (C=O) groups is 2. The van der Waals surface area contributed by atoms with E-state index in [1.165, 1.54) is 42.7 Å². The molecule has 0 saturated heterocycles. The van der Waals surface area contributed by atoms with Crippen molar-refractivity contribution in [2.75, 3.05) is 0 Å². The number of carbonyl (C=O) groups excluding carboxylic acids is 2. The van der Waals surface area contributed by atoms with Crippen molar-refractivity contribution in [2.24, 2.45) is 5.73 Å². The molecule has 0 spiro atoms. The minimum absolute atomic E-state index is 0.00623. The van der Waals surface area contributed by atoms with E-state index in [1.54, 1.807) is 13.0 Å². The highest BCUT2D eigenvalue weighted by Gasteiger charge is 2.19. The summed E-state index contributed by atoms with van der Waals surface area (Å²) in [6.07, 6.45) is 2.48. The monoisotopic (exact) mass is 408 g/mol. The van der Waals surface area contributed by atoms with Crippen LogP contribution in [0.3, 0.4) is 0 Å². The zero-order valence-corrected chi connectivity index (χ0v) is 15.6. The maximum Gasteiger partial charge on any atom is 0.366 e. The zero-order chi connectivity index (χ0) is 21.4. The van der Waals surface area contributed by atoms with E-state index in [1.807, 2.05) is 0 Å². The molecule has 2 aromatic carbocycles. The fraction of sp³-hybridized carbons (Fsp3) is 0.0476. The number of primary amides is 1. The third-order valence-corrected chi connectivity index (χ3v) is 4.46. The Kier molecular flexibility index (Phi) is 4.71. The number of aryl methyl sites for hydroxylation is 1. The van der Waals surface area contributed by atoms with Crippen molar-refractivity contribution >= 4 is 22.8 Å². The van der Waals surface area contributed by atoms with Crippen molar-refractivity contribution in [2.45, 2.75) is 6.92 Å². The molecule has 0 saturated carbocycles. The average molecular weight is 408 g/mol. The Bertz CT molecular complexity index is 1320. The highest BCUT2D eigenvalue weighted by atomic mass is 19.1. The Morgan fingerprint density at radius 3 is 2.53 bits per heavy atom. The molecule has 0 aliphatic rings. The number of rotatable bonds is 4. The molecule has 1 amide bonds. The smallest absolute Gasteiger partial charge is 0.366 e. The van der Waals surface area contributed by atoms with E-state index in [9.17, 15) is 18.4 Å². The van der Waals surface area contributed by atoms with E-state index in [2.05, 4.69) is 9.97 Å². The SMILES string of the molecule is Cc1nc(-c2cccc(F)c2)ncc1C(=O)On1cc(C(N)=O)c2cc(F)ccc21. The molecule has 7 nitrogen and oxygen atoms in total. The molecule has 9 heteroatoms. The summed E-state index contributed by atoms with van der Waals surface area (Å²) in [6, 6.07) is 9.41. The molecular formula is C21H14F2N4O3. The molecule has 2 aromatic heterocycles. The highest BCUT2D eigenvalue weighted by Crippen LogP contribution is 2.22. The van der Waals surface area contributed by atoms with Crippen LogP contribution in [-0.4, -0.2) is 26.6 Å². The molecule has 0 atom stereocenters. The molecule has 30 heavy (non-hydrogen) atoms. The van der Waals surface area contributed by atoms with E-state index in [4.69, 9.17) is 10.6 Å². The Labute approximate surface area is 168 Å². The highest BCUT2D eigenvalue weighted by molar-refractivity contribution is 6.06. The van der Waals surface area contributed by atoms with E-state index in [0.717, 1.165) is 10.8 Å². The van der Waals surface area contributed by atoms with Crippen LogP contribution >= 0.6 is 0 Å². The van der Waals surface area contributed by atoms with Crippen LogP contribution in [0.1, 0.15) is 26.4 Å². The fourth-order valence-electron chi connectivity index (χ4n) is 3.02. The fourth-order valence-corrected chi connectivity index (χ4v) is 3.02. The van der Waals surface area contributed by atoms with E-state index >= 15 is 0 Å². The molecule has 0 unspecified atom stereocenters. The summed E-state index contributed by atoms with van der Waals surface area (Å²) in [4.78, 5) is 38.0. The number of aromatic nitrogens is 3. The van der Waals surface area contributed by atoms with Crippen LogP contribution in [0.5, 0.6) is 0 Å². The van der Waals surface area contributed by atoms with Crippen molar-refractivity contribution in [1.29, 1.82) is 0 Å². The second-order valence-corrected chi connectivity index (χ2v) is 6.48. The van der Waals surface area contributed by atoms with Crippen molar-refractivity contribution in [3.8, 4) is 11.4 Å². The van der Waals surface area contributed by atoms with Crippen LogP contribution in [-0.2, 0) is 0 Å². The third kappa shape index (κ3) is 3.48. The lowest BCUT2D eigenvalue weighted by Gasteiger charge is -2.09. The number of fused-ring (bicyclic) bond motifs is 1. The Morgan fingerprint density at radius 1 is 1.07 bits per heavy atom. The predicted octanol–water partition coefficient (Wildman–Crippen LogP) is 3.05. The maximum absolute atomic E-state index is 13.6. The first kappa shape index (κ1) is 19.2. The number of nitrogens with zero attached hydrogens (tertiary/aromatic N) is 3. The van der Waals surface area contributed by atoms with E-state index in [0.29, 0.717) is 11.3 Å². The van der Waals surface area contributed by atoms with Gasteiger partial charge in [-0.15, -0.1) is 0 Å². The molecule has 2 N–H and O–H groups in total. The molecule has 150 valence electrons. The minimum atomic E-state index is -0.796. The van der Waals surface area contributed by atoms with Gasteiger partial charge < -0.3 is 10.6 Å². The summed E-state index contributed by atoms with van der Waals surface area (Å²) in [5.41, 5.74) is 6.46. The number of amides is 1. The van der Waals surface area contributed by atoms with Crippen molar-refractivity contribution in [3.05, 3.63) is 83.3 Å². The van der Waals surface area contributed by atoms with Crippen molar-refractivity contribution in [3.63, 3.8) is 0 Å². The molecule has 2 heterocycles. The lowest BCUT2D eigenvalue weighted by atomic mass is 10.1. The Morgan fingerprint density at radius 2 is 1.83 bits per heavy atom. The van der Waals surface area contributed by atoms with Gasteiger partial charge in [0.25, 0.3) is 5.91 Å². The lowest BCUT2D eigenvalue weighted by Crippen LogP contribution is -2.21. The van der Waals surface area contributed by atoms with Gasteiger partial charge in [0, 0.05) is 17.1 Å². The van der Waals surface area contributed by atoms with Gasteiger partial charge >= 0.3 is 5.97 Å². The van der Waals surface area contributed by atoms with Gasteiger partial charge in [0.1, 0.15) is 17.2 Å². The molecule has 4 aromatic rings. The number of nitrogens with two attached hydrogens (primary N) is 1. The first-order valence-corrected chi connectivity index (χ1v) is 8.76. The molecule has 0 aliphatic heterocycles. The Balaban J connectivity index is 1.67. The van der Waals surface area contributed by atoms with Crippen LogP contribution in [0.4, 0.5) is 8.78 Å². The lowest BCUT2D eigenvalue weighted by molar-refractivity contribution is 0.0479. The summed E-state index contributed by atoms with van der Waals surface area (Å²) in [5, 5.41) is 0.213. The van der Waals surface area contributed by atoms with Gasteiger partial charge in [-0.1, -0.05) is 12.1 Å². The van der Waals surface area contributed by atoms with Gasteiger partial charge in [-0.25, -0.2) is 23.5 Å². The Hall–Kier alpha value is -4.14.